The van der Waals surface area contributed by atoms with Crippen LogP contribution in [0.1, 0.15) is 17.5 Å². The number of hydrogen-bond donors (Lipinski definition) is 0. The van der Waals surface area contributed by atoms with Crippen LogP contribution in [0.2, 0.25) is 0 Å². The molecule has 0 bridgehead atoms. The van der Waals surface area contributed by atoms with Gasteiger partial charge in [-0.15, -0.1) is 0 Å². The number of anilines is 1. The van der Waals surface area contributed by atoms with Crippen LogP contribution in [0.4, 0.5) is 18.9 Å². The van der Waals surface area contributed by atoms with Gasteiger partial charge >= 0.3 is 6.18 Å². The molecule has 2 aliphatic heterocycles. The van der Waals surface area contributed by atoms with Crippen molar-refractivity contribution < 1.29 is 22.7 Å². The molecule has 29 heavy (non-hydrogen) atoms. The minimum absolute atomic E-state index is 0.0246. The van der Waals surface area contributed by atoms with Crippen molar-refractivity contribution in [1.29, 1.82) is 0 Å². The van der Waals surface area contributed by atoms with Gasteiger partial charge < -0.3 is 9.64 Å². The van der Waals surface area contributed by atoms with Crippen molar-refractivity contribution in [3.8, 4) is 0 Å². The fourth-order valence-electron chi connectivity index (χ4n) is 4.13. The van der Waals surface area contributed by atoms with Crippen LogP contribution < -0.4 is 4.90 Å². The van der Waals surface area contributed by atoms with Crippen molar-refractivity contribution in [3.05, 3.63) is 65.7 Å². The van der Waals surface area contributed by atoms with Gasteiger partial charge in [0.25, 0.3) is 5.91 Å². The van der Waals surface area contributed by atoms with Gasteiger partial charge in [-0.3, -0.25) is 9.69 Å². The zero-order chi connectivity index (χ0) is 20.4. The van der Waals surface area contributed by atoms with Gasteiger partial charge in [-0.2, -0.15) is 13.2 Å². The van der Waals surface area contributed by atoms with Gasteiger partial charge in [0.1, 0.15) is 6.61 Å². The molecule has 2 heterocycles. The third-order valence-electron chi connectivity index (χ3n) is 5.64. The Kier molecular flexibility index (Phi) is 5.61. The van der Waals surface area contributed by atoms with Gasteiger partial charge in [-0.25, -0.2) is 0 Å². The van der Waals surface area contributed by atoms with Crippen molar-refractivity contribution in [1.82, 2.24) is 4.90 Å². The highest BCUT2D eigenvalue weighted by Crippen LogP contribution is 2.30. The smallest absolute Gasteiger partial charge is 0.368 e. The summed E-state index contributed by atoms with van der Waals surface area (Å²) in [7, 11) is 0. The van der Waals surface area contributed by atoms with Crippen molar-refractivity contribution in [3.63, 3.8) is 0 Å². The highest BCUT2D eigenvalue weighted by molar-refractivity contribution is 5.94. The second kappa shape index (κ2) is 8.16. The van der Waals surface area contributed by atoms with Crippen molar-refractivity contribution >= 4 is 11.6 Å². The monoisotopic (exact) mass is 404 g/mol. The Labute approximate surface area is 167 Å². The van der Waals surface area contributed by atoms with Gasteiger partial charge in [0.05, 0.1) is 11.7 Å². The molecule has 7 heteroatoms. The van der Waals surface area contributed by atoms with Gasteiger partial charge in [0, 0.05) is 37.8 Å². The maximum absolute atomic E-state index is 12.8. The first-order valence-corrected chi connectivity index (χ1v) is 9.75. The summed E-state index contributed by atoms with van der Waals surface area (Å²) < 4.78 is 44.1. The average Bonchev–Trinajstić information content (AvgIpc) is 2.87. The summed E-state index contributed by atoms with van der Waals surface area (Å²) in [6.45, 7) is 2.77. The molecule has 0 aromatic heterocycles. The number of amides is 1. The maximum atomic E-state index is 12.8. The predicted octanol–water partition coefficient (Wildman–Crippen LogP) is 3.96. The number of hydrogen-bond acceptors (Lipinski definition) is 3. The van der Waals surface area contributed by atoms with Crippen LogP contribution in [0, 0.1) is 5.92 Å². The lowest BCUT2D eigenvalue weighted by Gasteiger charge is -2.38. The molecule has 1 amide bonds. The lowest BCUT2D eigenvalue weighted by Crippen LogP contribution is -2.47. The van der Waals surface area contributed by atoms with E-state index in [-0.39, 0.29) is 24.5 Å². The molecular formula is C22H23F3N2O2. The number of carbonyl (C=O) groups is 1. The molecule has 2 aliphatic rings. The number of fused-ring (bicyclic) bond motifs is 1. The number of benzene rings is 2. The van der Waals surface area contributed by atoms with Crippen LogP contribution in [0.5, 0.6) is 0 Å². The highest BCUT2D eigenvalue weighted by atomic mass is 19.4. The van der Waals surface area contributed by atoms with Gasteiger partial charge in [0.15, 0.2) is 0 Å². The first kappa shape index (κ1) is 19.9. The number of likely N-dealkylation sites (tertiary alicyclic amines) is 1. The molecule has 2 saturated heterocycles. The summed E-state index contributed by atoms with van der Waals surface area (Å²) in [6.07, 6.45) is -3.49. The zero-order valence-electron chi connectivity index (χ0n) is 15.9. The van der Waals surface area contributed by atoms with E-state index in [1.807, 2.05) is 30.3 Å². The fourth-order valence-corrected chi connectivity index (χ4v) is 4.13. The number of halogens is 3. The Hall–Kier alpha value is -2.38. The van der Waals surface area contributed by atoms with Crippen molar-refractivity contribution in [2.75, 3.05) is 31.1 Å². The second-order valence-electron chi connectivity index (χ2n) is 7.67. The Balaban J connectivity index is 1.44. The highest BCUT2D eigenvalue weighted by Gasteiger charge is 2.36. The number of ether oxygens (including phenoxy) is 1. The van der Waals surface area contributed by atoms with E-state index in [0.29, 0.717) is 13.1 Å². The van der Waals surface area contributed by atoms with Crippen molar-refractivity contribution in [2.24, 2.45) is 5.92 Å². The molecule has 4 rings (SSSR count). The molecule has 0 N–H and O–H groups in total. The first-order valence-electron chi connectivity index (χ1n) is 9.75. The third-order valence-corrected chi connectivity index (χ3v) is 5.64. The van der Waals surface area contributed by atoms with Crippen LogP contribution in [0.15, 0.2) is 54.6 Å². The standard InChI is InChI=1S/C22H23F3N2O2/c23-22(24,25)18-8-6-16(7-9-18)12-26-11-10-20-17(13-26)14-27(21(28)15-29-20)19-4-2-1-3-5-19/h1-9,17,20H,10-15H2/t17-,20+/m1/s1. The summed E-state index contributed by atoms with van der Waals surface area (Å²) in [5.41, 5.74) is 1.08. The van der Waals surface area contributed by atoms with E-state index >= 15 is 0 Å². The number of rotatable bonds is 3. The zero-order valence-corrected chi connectivity index (χ0v) is 15.9. The van der Waals surface area contributed by atoms with E-state index < -0.39 is 11.7 Å². The van der Waals surface area contributed by atoms with E-state index in [0.717, 1.165) is 42.9 Å². The third kappa shape index (κ3) is 4.62. The Morgan fingerprint density at radius 1 is 1.00 bits per heavy atom. The van der Waals surface area contributed by atoms with Gasteiger partial charge in [-0.05, 0) is 36.2 Å². The van der Waals surface area contributed by atoms with Gasteiger partial charge in [-0.1, -0.05) is 30.3 Å². The number of alkyl halides is 3. The SMILES string of the molecule is O=C1CO[C@H]2CCN(Cc3ccc(C(F)(F)F)cc3)C[C@@H]2CN1c1ccccc1. The molecular weight excluding hydrogens is 381 g/mol. The Morgan fingerprint density at radius 3 is 2.41 bits per heavy atom. The molecule has 2 aromatic carbocycles. The molecule has 0 radical (unpaired) electrons. The number of para-hydroxylation sites is 1. The lowest BCUT2D eigenvalue weighted by atomic mass is 9.93. The van der Waals surface area contributed by atoms with Crippen LogP contribution >= 0.6 is 0 Å². The van der Waals surface area contributed by atoms with Crippen LogP contribution in [0.3, 0.4) is 0 Å². The molecule has 2 aromatic rings. The average molecular weight is 404 g/mol. The van der Waals surface area contributed by atoms with Crippen LogP contribution in [-0.2, 0) is 22.3 Å². The number of nitrogens with zero attached hydrogens (tertiary/aromatic N) is 2. The predicted molar refractivity (Wildman–Crippen MR) is 103 cm³/mol. The van der Waals surface area contributed by atoms with Crippen LogP contribution in [0.25, 0.3) is 0 Å². The molecule has 154 valence electrons. The minimum Gasteiger partial charge on any atom is -0.368 e. The van der Waals surface area contributed by atoms with E-state index in [1.165, 1.54) is 12.1 Å². The van der Waals surface area contributed by atoms with Gasteiger partial charge in [0.2, 0.25) is 0 Å². The number of carbonyl (C=O) groups excluding carboxylic acids is 1. The fraction of sp³-hybridized carbons (Fsp3) is 0.409. The molecule has 0 saturated carbocycles. The molecule has 4 nitrogen and oxygen atoms in total. The van der Waals surface area contributed by atoms with Crippen LogP contribution in [-0.4, -0.2) is 43.2 Å². The Bertz CT molecular complexity index is 839. The molecule has 0 spiro atoms. The quantitative estimate of drug-likeness (QED) is 0.777. The molecule has 0 aliphatic carbocycles. The summed E-state index contributed by atoms with van der Waals surface area (Å²) in [5.74, 6) is 0.116. The largest absolute Gasteiger partial charge is 0.416 e. The Morgan fingerprint density at radius 2 is 1.72 bits per heavy atom. The minimum atomic E-state index is -4.32. The topological polar surface area (TPSA) is 32.8 Å². The molecule has 2 fully saturated rings. The summed E-state index contributed by atoms with van der Waals surface area (Å²) in [5, 5.41) is 0. The lowest BCUT2D eigenvalue weighted by molar-refractivity contribution is -0.137. The molecule has 2 atom stereocenters. The summed E-state index contributed by atoms with van der Waals surface area (Å²) >= 11 is 0. The van der Waals surface area contributed by atoms with E-state index in [1.54, 1.807) is 4.90 Å². The van der Waals surface area contributed by atoms with E-state index in [2.05, 4.69) is 4.90 Å². The summed E-state index contributed by atoms with van der Waals surface area (Å²) in [4.78, 5) is 16.6. The first-order chi connectivity index (χ1) is 13.9. The normalized spacial score (nSPS) is 23.6. The van der Waals surface area contributed by atoms with Crippen molar-refractivity contribution in [2.45, 2.75) is 25.2 Å². The summed E-state index contributed by atoms with van der Waals surface area (Å²) in [6, 6.07) is 14.9. The van der Waals surface area contributed by atoms with E-state index in [4.69, 9.17) is 4.74 Å². The van der Waals surface area contributed by atoms with E-state index in [9.17, 15) is 18.0 Å². The number of piperidine rings is 1. The molecule has 0 unspecified atom stereocenters. The second-order valence-corrected chi connectivity index (χ2v) is 7.67. The maximum Gasteiger partial charge on any atom is 0.416 e.